The minimum atomic E-state index is -1.01. The maximum Gasteiger partial charge on any atom is 0.242 e. The van der Waals surface area contributed by atoms with E-state index in [2.05, 4.69) is 40.7 Å². The first kappa shape index (κ1) is 40.4. The fraction of sp³-hybridized carbons (Fsp3) is 0.590. The molecule has 6 rings (SSSR count). The van der Waals surface area contributed by atoms with Crippen LogP contribution >= 0.6 is 11.6 Å². The highest BCUT2D eigenvalue weighted by Crippen LogP contribution is 2.30. The second-order valence-electron chi connectivity index (χ2n) is 15.0. The van der Waals surface area contributed by atoms with Crippen LogP contribution in [0.2, 0.25) is 5.02 Å². The number of hydrogen-bond donors (Lipinski definition) is 5. The summed E-state index contributed by atoms with van der Waals surface area (Å²) in [5.74, 6) is 0.695. The number of halogens is 1. The van der Waals surface area contributed by atoms with E-state index in [4.69, 9.17) is 22.1 Å². The van der Waals surface area contributed by atoms with Crippen molar-refractivity contribution in [3.8, 4) is 0 Å². The molecule has 0 spiro atoms. The maximum absolute atomic E-state index is 13.8. The average Bonchev–Trinajstić information content (AvgIpc) is 3.70. The van der Waals surface area contributed by atoms with Gasteiger partial charge in [0.25, 0.3) is 0 Å². The molecule has 3 fully saturated rings. The number of ether oxygens (including phenoxy) is 1. The fourth-order valence-electron chi connectivity index (χ4n) is 8.05. The number of carbonyl (C=O) groups is 4. The number of anilines is 1. The third-order valence-corrected chi connectivity index (χ3v) is 11.7. The predicted octanol–water partition coefficient (Wildman–Crippen LogP) is 2.52. The number of H-pyrrole nitrogens is 1. The SMILES string of the molecule is NC1(C(=O)NC(CCN2CCN(C(=O)CCOCCNC(=O)C(NC=O)C3CCCCC3)CC2)c2ccc(Cl)cc2)CCN(c2ncnc3[nH]ccc23)CC1. The Balaban J connectivity index is 0.912. The zero-order valence-electron chi connectivity index (χ0n) is 31.5. The molecule has 1 aliphatic carbocycles. The highest BCUT2D eigenvalue weighted by atomic mass is 35.5. The summed E-state index contributed by atoms with van der Waals surface area (Å²) in [4.78, 5) is 68.8. The Morgan fingerprint density at radius 3 is 2.47 bits per heavy atom. The molecular formula is C39H55ClN10O5. The van der Waals surface area contributed by atoms with Crippen LogP contribution in [0.25, 0.3) is 11.0 Å². The standard InChI is InChI=1S/C39H55ClN10O5/c40-30-8-6-28(7-9-30)32(47-38(54)39(41)13-18-50(19-14-39)36-31-10-15-42-35(31)44-26-45-36)11-17-48-20-22-49(23-21-48)33(52)12-24-55-25-16-43-37(53)34(46-27-51)29-4-2-1-3-5-29/h6-10,15,26-27,29,32,34H,1-5,11-14,16-25,41H2,(H,43,53)(H,46,51)(H,47,54)(H,42,44,45). The first-order chi connectivity index (χ1) is 26.7. The zero-order valence-corrected chi connectivity index (χ0v) is 32.3. The Hall–Kier alpha value is -4.31. The van der Waals surface area contributed by atoms with Crippen molar-refractivity contribution in [2.75, 3.05) is 70.5 Å². The van der Waals surface area contributed by atoms with Gasteiger partial charge in [-0.25, -0.2) is 9.97 Å². The van der Waals surface area contributed by atoms with Crippen LogP contribution < -0.4 is 26.6 Å². The lowest BCUT2D eigenvalue weighted by molar-refractivity contribution is -0.134. The Morgan fingerprint density at radius 2 is 1.75 bits per heavy atom. The molecule has 3 aliphatic rings. The van der Waals surface area contributed by atoms with Crippen molar-refractivity contribution in [2.24, 2.45) is 11.7 Å². The summed E-state index contributed by atoms with van der Waals surface area (Å²) in [7, 11) is 0. The lowest BCUT2D eigenvalue weighted by Gasteiger charge is -2.39. The van der Waals surface area contributed by atoms with Crippen molar-refractivity contribution >= 4 is 52.6 Å². The van der Waals surface area contributed by atoms with Gasteiger partial charge in [0, 0.05) is 63.6 Å². The summed E-state index contributed by atoms with van der Waals surface area (Å²) in [5.41, 5.74) is 7.53. The molecule has 2 aromatic heterocycles. The Bertz CT molecular complexity index is 1720. The third-order valence-electron chi connectivity index (χ3n) is 11.4. The molecule has 2 atom stereocenters. The molecule has 55 heavy (non-hydrogen) atoms. The van der Waals surface area contributed by atoms with Crippen LogP contribution in [0, 0.1) is 5.92 Å². The van der Waals surface area contributed by atoms with Gasteiger partial charge in [-0.2, -0.15) is 0 Å². The number of aromatic amines is 1. The molecule has 15 nitrogen and oxygen atoms in total. The van der Waals surface area contributed by atoms with Crippen LogP contribution in [0.5, 0.6) is 0 Å². The molecule has 1 saturated carbocycles. The van der Waals surface area contributed by atoms with Crippen molar-refractivity contribution in [2.45, 2.75) is 75.4 Å². The summed E-state index contributed by atoms with van der Waals surface area (Å²) in [5, 5.41) is 10.4. The maximum atomic E-state index is 13.8. The minimum absolute atomic E-state index is 0.0408. The summed E-state index contributed by atoms with van der Waals surface area (Å²) in [6.45, 7) is 5.50. The van der Waals surface area contributed by atoms with E-state index >= 15 is 0 Å². The number of fused-ring (bicyclic) bond motifs is 1. The van der Waals surface area contributed by atoms with Crippen LogP contribution in [0.4, 0.5) is 5.82 Å². The normalized spacial score (nSPS) is 19.1. The third kappa shape index (κ3) is 10.7. The lowest BCUT2D eigenvalue weighted by atomic mass is 9.83. The van der Waals surface area contributed by atoms with Gasteiger partial charge in [-0.05, 0) is 61.8 Å². The summed E-state index contributed by atoms with van der Waals surface area (Å²) in [6.07, 6.45) is 11.1. The molecule has 16 heteroatoms. The Labute approximate surface area is 327 Å². The number of nitrogens with two attached hydrogens (primary N) is 1. The lowest BCUT2D eigenvalue weighted by Crippen LogP contribution is -2.60. The molecule has 2 unspecified atom stereocenters. The van der Waals surface area contributed by atoms with Crippen molar-refractivity contribution in [1.29, 1.82) is 0 Å². The quantitative estimate of drug-likeness (QED) is 0.101. The summed E-state index contributed by atoms with van der Waals surface area (Å²) >= 11 is 6.21. The number of piperazine rings is 1. The van der Waals surface area contributed by atoms with Gasteiger partial charge in [-0.3, -0.25) is 24.1 Å². The van der Waals surface area contributed by atoms with Crippen LogP contribution in [-0.4, -0.2) is 126 Å². The van der Waals surface area contributed by atoms with Crippen LogP contribution in [0.1, 0.15) is 69.4 Å². The van der Waals surface area contributed by atoms with Crippen molar-refractivity contribution in [1.82, 2.24) is 40.7 Å². The van der Waals surface area contributed by atoms with Gasteiger partial charge in [0.1, 0.15) is 23.8 Å². The zero-order chi connectivity index (χ0) is 38.6. The number of benzene rings is 1. The van der Waals surface area contributed by atoms with Gasteiger partial charge in [-0.15, -0.1) is 0 Å². The Morgan fingerprint density at radius 1 is 1.00 bits per heavy atom. The second kappa shape index (κ2) is 19.5. The molecule has 3 aromatic rings. The van der Waals surface area contributed by atoms with E-state index in [1.165, 1.54) is 6.42 Å². The fourth-order valence-corrected chi connectivity index (χ4v) is 8.18. The molecule has 0 radical (unpaired) electrons. The van der Waals surface area contributed by atoms with E-state index in [-0.39, 0.29) is 42.7 Å². The van der Waals surface area contributed by atoms with E-state index in [9.17, 15) is 19.2 Å². The number of carbonyl (C=O) groups excluding carboxylic acids is 4. The molecule has 2 aliphatic heterocycles. The van der Waals surface area contributed by atoms with E-state index in [0.717, 1.165) is 67.7 Å². The number of hydrogen-bond acceptors (Lipinski definition) is 10. The molecule has 298 valence electrons. The molecular weight excluding hydrogens is 724 g/mol. The molecule has 4 amide bonds. The summed E-state index contributed by atoms with van der Waals surface area (Å²) in [6, 6.07) is 8.75. The molecule has 6 N–H and O–H groups in total. The monoisotopic (exact) mass is 778 g/mol. The van der Waals surface area contributed by atoms with Gasteiger partial charge < -0.3 is 41.2 Å². The van der Waals surface area contributed by atoms with Gasteiger partial charge >= 0.3 is 0 Å². The molecule has 1 aromatic carbocycles. The molecule has 2 saturated heterocycles. The highest BCUT2D eigenvalue weighted by Gasteiger charge is 2.39. The van der Waals surface area contributed by atoms with Crippen LogP contribution in [0.3, 0.4) is 0 Å². The Kier molecular flexibility index (Phi) is 14.3. The van der Waals surface area contributed by atoms with Gasteiger partial charge in [0.05, 0.1) is 36.6 Å². The van der Waals surface area contributed by atoms with E-state index < -0.39 is 11.6 Å². The number of nitrogens with zero attached hydrogens (tertiary/aromatic N) is 5. The predicted molar refractivity (Wildman–Crippen MR) is 210 cm³/mol. The van der Waals surface area contributed by atoms with Gasteiger partial charge in [-0.1, -0.05) is 43.0 Å². The first-order valence-corrected chi connectivity index (χ1v) is 20.1. The second-order valence-corrected chi connectivity index (χ2v) is 15.4. The first-order valence-electron chi connectivity index (χ1n) is 19.7. The topological polar surface area (TPSA) is 191 Å². The van der Waals surface area contributed by atoms with Crippen molar-refractivity contribution in [3.63, 3.8) is 0 Å². The number of amides is 4. The average molecular weight is 779 g/mol. The number of piperidine rings is 1. The van der Waals surface area contributed by atoms with E-state index in [1.54, 1.807) is 6.33 Å². The smallest absolute Gasteiger partial charge is 0.242 e. The highest BCUT2D eigenvalue weighted by molar-refractivity contribution is 6.30. The van der Waals surface area contributed by atoms with Crippen molar-refractivity contribution < 1.29 is 23.9 Å². The number of nitrogens with one attached hydrogen (secondary N) is 4. The number of rotatable bonds is 17. The van der Waals surface area contributed by atoms with Gasteiger partial charge in [0.2, 0.25) is 24.1 Å². The minimum Gasteiger partial charge on any atom is -0.379 e. The van der Waals surface area contributed by atoms with Gasteiger partial charge in [0.15, 0.2) is 0 Å². The summed E-state index contributed by atoms with van der Waals surface area (Å²) < 4.78 is 5.66. The number of aromatic nitrogens is 3. The van der Waals surface area contributed by atoms with Crippen LogP contribution in [-0.2, 0) is 23.9 Å². The molecule has 0 bridgehead atoms. The molecule has 4 heterocycles. The van der Waals surface area contributed by atoms with Crippen LogP contribution in [0.15, 0.2) is 42.9 Å². The largest absolute Gasteiger partial charge is 0.379 e. The van der Waals surface area contributed by atoms with Crippen molar-refractivity contribution in [3.05, 3.63) is 53.4 Å². The van der Waals surface area contributed by atoms with E-state index in [1.807, 2.05) is 41.4 Å². The van der Waals surface area contributed by atoms with E-state index in [0.29, 0.717) is 70.0 Å².